The van der Waals surface area contributed by atoms with Gasteiger partial charge < -0.3 is 9.84 Å². The largest absolute Gasteiger partial charge is 0.492 e. The van der Waals surface area contributed by atoms with Crippen LogP contribution in [0, 0.1) is 5.92 Å². The van der Waals surface area contributed by atoms with E-state index in [0.717, 1.165) is 5.56 Å². The summed E-state index contributed by atoms with van der Waals surface area (Å²) in [4.78, 5) is 11.2. The van der Waals surface area contributed by atoms with Gasteiger partial charge in [-0.05, 0) is 18.1 Å². The zero-order valence-corrected chi connectivity index (χ0v) is 14.0. The molecule has 0 saturated heterocycles. The van der Waals surface area contributed by atoms with Crippen molar-refractivity contribution in [3.8, 4) is 5.75 Å². The number of carbonyl (C=O) groups is 1. The van der Waals surface area contributed by atoms with Crippen LogP contribution >= 0.6 is 15.9 Å². The molecule has 1 atom stereocenters. The van der Waals surface area contributed by atoms with Gasteiger partial charge >= 0.3 is 5.97 Å². The summed E-state index contributed by atoms with van der Waals surface area (Å²) >= 11 is 3.27. The minimum atomic E-state index is -3.98. The fraction of sp³-hybridized carbons (Fsp3) is 0.462. The van der Waals surface area contributed by atoms with Crippen LogP contribution in [0.4, 0.5) is 0 Å². The van der Waals surface area contributed by atoms with E-state index >= 15 is 0 Å². The van der Waals surface area contributed by atoms with Gasteiger partial charge in [-0.1, -0.05) is 29.8 Å². The van der Waals surface area contributed by atoms with Gasteiger partial charge in [0.2, 0.25) is 10.0 Å². The van der Waals surface area contributed by atoms with Gasteiger partial charge in [0.15, 0.2) is 0 Å². The molecule has 0 unspecified atom stereocenters. The van der Waals surface area contributed by atoms with E-state index in [-0.39, 0.29) is 10.8 Å². The molecule has 0 saturated carbocycles. The fourth-order valence-electron chi connectivity index (χ4n) is 2.14. The van der Waals surface area contributed by atoms with Gasteiger partial charge in [0, 0.05) is 16.5 Å². The first-order valence-corrected chi connectivity index (χ1v) is 8.70. The molecule has 2 rings (SSSR count). The van der Waals surface area contributed by atoms with E-state index in [4.69, 9.17) is 9.84 Å². The molecule has 1 aliphatic heterocycles. The summed E-state index contributed by atoms with van der Waals surface area (Å²) in [5.41, 5.74) is 0.793. The van der Waals surface area contributed by atoms with Crippen LogP contribution in [0.25, 0.3) is 0 Å². The summed E-state index contributed by atoms with van der Waals surface area (Å²) in [6, 6.07) is 2.04. The second-order valence-corrected chi connectivity index (χ2v) is 7.77. The maximum Gasteiger partial charge on any atom is 0.322 e. The number of carboxylic acid groups (broad SMARTS) is 1. The molecule has 0 spiro atoms. The number of aliphatic carboxylic acids is 1. The first-order chi connectivity index (χ1) is 9.72. The Balaban J connectivity index is 2.43. The molecule has 0 radical (unpaired) electrons. The van der Waals surface area contributed by atoms with Crippen molar-refractivity contribution in [1.82, 2.24) is 4.72 Å². The number of fused-ring (bicyclic) bond motifs is 1. The zero-order valence-electron chi connectivity index (χ0n) is 11.6. The first-order valence-electron chi connectivity index (χ1n) is 6.42. The topological polar surface area (TPSA) is 92.7 Å². The summed E-state index contributed by atoms with van der Waals surface area (Å²) in [5, 5.41) is 9.13. The van der Waals surface area contributed by atoms with Crippen LogP contribution in [0.2, 0.25) is 0 Å². The summed E-state index contributed by atoms with van der Waals surface area (Å²) in [6.45, 7) is 3.70. The maximum atomic E-state index is 12.5. The summed E-state index contributed by atoms with van der Waals surface area (Å²) < 4.78 is 33.2. The van der Waals surface area contributed by atoms with E-state index < -0.39 is 22.0 Å². The second-order valence-electron chi connectivity index (χ2n) is 5.17. The number of carboxylic acids is 1. The lowest BCUT2D eigenvalue weighted by Crippen LogP contribution is -2.44. The molecular weight excluding hydrogens is 362 g/mol. The normalized spacial score (nSPS) is 15.6. The highest BCUT2D eigenvalue weighted by Crippen LogP contribution is 2.35. The lowest BCUT2D eigenvalue weighted by molar-refractivity contribution is -0.140. The number of hydrogen-bond donors (Lipinski definition) is 2. The van der Waals surface area contributed by atoms with Crippen molar-refractivity contribution < 1.29 is 23.1 Å². The Bertz CT molecular complexity index is 671. The van der Waals surface area contributed by atoms with Gasteiger partial charge in [-0.3, -0.25) is 4.79 Å². The van der Waals surface area contributed by atoms with Gasteiger partial charge in [0.25, 0.3) is 0 Å². The number of benzene rings is 1. The second kappa shape index (κ2) is 5.94. The third-order valence-corrected chi connectivity index (χ3v) is 5.12. The van der Waals surface area contributed by atoms with Gasteiger partial charge in [-0.15, -0.1) is 0 Å². The van der Waals surface area contributed by atoms with Crippen LogP contribution in [0.5, 0.6) is 5.75 Å². The highest BCUT2D eigenvalue weighted by molar-refractivity contribution is 9.10. The fourth-order valence-corrected chi connectivity index (χ4v) is 4.34. The van der Waals surface area contributed by atoms with Crippen molar-refractivity contribution in [2.24, 2.45) is 5.92 Å². The van der Waals surface area contributed by atoms with Crippen LogP contribution in [0.15, 0.2) is 21.5 Å². The summed E-state index contributed by atoms with van der Waals surface area (Å²) in [7, 11) is -3.98. The third kappa shape index (κ3) is 3.38. The number of ether oxygens (including phenoxy) is 1. The Hall–Kier alpha value is -1.12. The predicted molar refractivity (Wildman–Crippen MR) is 79.9 cm³/mol. The highest BCUT2D eigenvalue weighted by atomic mass is 79.9. The van der Waals surface area contributed by atoms with Crippen molar-refractivity contribution in [3.05, 3.63) is 22.2 Å². The third-order valence-electron chi connectivity index (χ3n) is 3.22. The van der Waals surface area contributed by atoms with E-state index in [1.807, 2.05) is 0 Å². The molecule has 2 N–H and O–H groups in total. The zero-order chi connectivity index (χ0) is 15.8. The molecule has 1 heterocycles. The average Bonchev–Trinajstić information content (AvgIpc) is 2.82. The standard InChI is InChI=1S/C13H16BrNO5S/c1-7(2)11(13(16)17)15-21(18,19)10-6-9(14)5-8-3-4-20-12(8)10/h5-7,11,15H,3-4H2,1-2H3,(H,16,17)/t11-/m1/s1. The van der Waals surface area contributed by atoms with E-state index in [1.54, 1.807) is 19.9 Å². The summed E-state index contributed by atoms with van der Waals surface area (Å²) in [5.74, 6) is -1.28. The monoisotopic (exact) mass is 377 g/mol. The van der Waals surface area contributed by atoms with Crippen molar-refractivity contribution in [2.45, 2.75) is 31.2 Å². The lowest BCUT2D eigenvalue weighted by Gasteiger charge is -2.19. The van der Waals surface area contributed by atoms with Crippen LogP contribution in [-0.4, -0.2) is 32.1 Å². The van der Waals surface area contributed by atoms with Crippen molar-refractivity contribution in [2.75, 3.05) is 6.61 Å². The molecule has 0 fully saturated rings. The Morgan fingerprint density at radius 2 is 2.10 bits per heavy atom. The number of nitrogens with one attached hydrogen (secondary N) is 1. The van der Waals surface area contributed by atoms with Crippen molar-refractivity contribution in [1.29, 1.82) is 0 Å². The number of hydrogen-bond acceptors (Lipinski definition) is 4. The average molecular weight is 378 g/mol. The van der Waals surface area contributed by atoms with E-state index in [9.17, 15) is 13.2 Å². The SMILES string of the molecule is CC(C)[C@@H](NS(=O)(=O)c1cc(Br)cc2c1OCC2)C(=O)O. The van der Waals surface area contributed by atoms with Crippen LogP contribution in [0.1, 0.15) is 19.4 Å². The molecule has 0 aromatic heterocycles. The molecule has 21 heavy (non-hydrogen) atoms. The predicted octanol–water partition coefficient (Wildman–Crippen LogP) is 1.77. The Kier molecular flexibility index (Phi) is 4.60. The Morgan fingerprint density at radius 3 is 2.67 bits per heavy atom. The lowest BCUT2D eigenvalue weighted by atomic mass is 10.1. The van der Waals surface area contributed by atoms with Crippen LogP contribution in [0.3, 0.4) is 0 Å². The van der Waals surface area contributed by atoms with E-state index in [1.165, 1.54) is 6.07 Å². The quantitative estimate of drug-likeness (QED) is 0.815. The van der Waals surface area contributed by atoms with E-state index in [0.29, 0.717) is 23.2 Å². The Morgan fingerprint density at radius 1 is 1.43 bits per heavy atom. The molecule has 1 aromatic carbocycles. The van der Waals surface area contributed by atoms with Gasteiger partial charge in [-0.2, -0.15) is 4.72 Å². The van der Waals surface area contributed by atoms with Crippen molar-refractivity contribution in [3.63, 3.8) is 0 Å². The molecule has 116 valence electrons. The van der Waals surface area contributed by atoms with Gasteiger partial charge in [0.1, 0.15) is 16.7 Å². The summed E-state index contributed by atoms with van der Waals surface area (Å²) in [6.07, 6.45) is 0.629. The molecule has 6 nitrogen and oxygen atoms in total. The van der Waals surface area contributed by atoms with E-state index in [2.05, 4.69) is 20.7 Å². The molecule has 1 aromatic rings. The van der Waals surface area contributed by atoms with Crippen LogP contribution in [-0.2, 0) is 21.2 Å². The number of halogens is 1. The molecule has 1 aliphatic rings. The molecule has 8 heteroatoms. The highest BCUT2D eigenvalue weighted by Gasteiger charge is 2.32. The minimum Gasteiger partial charge on any atom is -0.492 e. The molecule has 0 aliphatic carbocycles. The van der Waals surface area contributed by atoms with Crippen molar-refractivity contribution >= 4 is 31.9 Å². The number of rotatable bonds is 5. The molecular formula is C13H16BrNO5S. The molecule has 0 bridgehead atoms. The van der Waals surface area contributed by atoms with Crippen LogP contribution < -0.4 is 9.46 Å². The van der Waals surface area contributed by atoms with Gasteiger partial charge in [0.05, 0.1) is 6.61 Å². The van der Waals surface area contributed by atoms with Gasteiger partial charge in [-0.25, -0.2) is 8.42 Å². The maximum absolute atomic E-state index is 12.5. The Labute approximate surface area is 131 Å². The molecule has 0 amide bonds. The number of sulfonamides is 1. The first kappa shape index (κ1) is 16.3. The minimum absolute atomic E-state index is 0.0312. The smallest absolute Gasteiger partial charge is 0.322 e.